The van der Waals surface area contributed by atoms with Crippen LogP contribution in [0.5, 0.6) is 0 Å². The van der Waals surface area contributed by atoms with Crippen molar-refractivity contribution < 1.29 is 15.0 Å². The van der Waals surface area contributed by atoms with Gasteiger partial charge in [-0.3, -0.25) is 4.79 Å². The first-order valence-corrected chi connectivity index (χ1v) is 17.9. The SMILES string of the molecule is CCCCCCC/C=C\CCCCCCCC(=O)NC(CO)C(O)CCCCCCCCCCCCCCCC. The lowest BCUT2D eigenvalue weighted by Gasteiger charge is -2.22. The molecule has 0 aliphatic rings. The quantitative estimate of drug-likeness (QED) is 0.0561. The van der Waals surface area contributed by atoms with Gasteiger partial charge >= 0.3 is 0 Å². The maximum Gasteiger partial charge on any atom is 0.220 e. The van der Waals surface area contributed by atoms with Crippen molar-refractivity contribution in [3.8, 4) is 0 Å². The van der Waals surface area contributed by atoms with Gasteiger partial charge in [0.15, 0.2) is 0 Å². The number of aliphatic hydroxyl groups excluding tert-OH is 2. The molecule has 4 heteroatoms. The minimum atomic E-state index is -0.657. The molecule has 0 heterocycles. The maximum atomic E-state index is 12.3. The van der Waals surface area contributed by atoms with Gasteiger partial charge in [-0.15, -0.1) is 0 Å². The number of nitrogens with one attached hydrogen (secondary N) is 1. The first-order valence-electron chi connectivity index (χ1n) is 17.9. The van der Waals surface area contributed by atoms with Crippen LogP contribution in [-0.2, 0) is 4.79 Å². The lowest BCUT2D eigenvalue weighted by atomic mass is 10.0. The van der Waals surface area contributed by atoms with Gasteiger partial charge in [-0.05, 0) is 38.5 Å². The monoisotopic (exact) mass is 566 g/mol. The highest BCUT2D eigenvalue weighted by molar-refractivity contribution is 5.76. The van der Waals surface area contributed by atoms with E-state index in [-0.39, 0.29) is 12.5 Å². The van der Waals surface area contributed by atoms with Gasteiger partial charge < -0.3 is 15.5 Å². The predicted molar refractivity (Wildman–Crippen MR) is 175 cm³/mol. The molecule has 3 N–H and O–H groups in total. The van der Waals surface area contributed by atoms with Crippen molar-refractivity contribution in [1.82, 2.24) is 5.32 Å². The third-order valence-electron chi connectivity index (χ3n) is 8.28. The van der Waals surface area contributed by atoms with Gasteiger partial charge in [0.1, 0.15) is 0 Å². The summed E-state index contributed by atoms with van der Waals surface area (Å²) in [6, 6.07) is -0.534. The molecule has 4 nitrogen and oxygen atoms in total. The van der Waals surface area contributed by atoms with E-state index < -0.39 is 12.1 Å². The molecule has 0 fully saturated rings. The molecule has 0 radical (unpaired) electrons. The summed E-state index contributed by atoms with van der Waals surface area (Å²) in [5.74, 6) is -0.0408. The number of amides is 1. The van der Waals surface area contributed by atoms with Gasteiger partial charge in [0.25, 0.3) is 0 Å². The highest BCUT2D eigenvalue weighted by Crippen LogP contribution is 2.15. The Morgan fingerprint density at radius 1 is 0.575 bits per heavy atom. The predicted octanol–water partition coefficient (Wildman–Crippen LogP) is 10.3. The summed E-state index contributed by atoms with van der Waals surface area (Å²) in [5.41, 5.74) is 0. The van der Waals surface area contributed by atoms with E-state index in [1.54, 1.807) is 0 Å². The molecule has 1 amide bonds. The van der Waals surface area contributed by atoms with E-state index in [0.29, 0.717) is 12.8 Å². The van der Waals surface area contributed by atoms with Gasteiger partial charge in [-0.25, -0.2) is 0 Å². The Morgan fingerprint density at radius 2 is 0.950 bits per heavy atom. The Morgan fingerprint density at radius 3 is 1.38 bits per heavy atom. The minimum absolute atomic E-state index is 0.0408. The fraction of sp³-hybridized carbons (Fsp3) is 0.917. The normalized spacial score (nSPS) is 13.2. The highest BCUT2D eigenvalue weighted by atomic mass is 16.3. The molecular weight excluding hydrogens is 494 g/mol. The molecule has 0 spiro atoms. The van der Waals surface area contributed by atoms with Crippen molar-refractivity contribution in [2.24, 2.45) is 0 Å². The smallest absolute Gasteiger partial charge is 0.220 e. The minimum Gasteiger partial charge on any atom is -0.394 e. The summed E-state index contributed by atoms with van der Waals surface area (Å²) in [7, 11) is 0. The molecule has 0 aromatic carbocycles. The molecule has 2 atom stereocenters. The van der Waals surface area contributed by atoms with Gasteiger partial charge in [0, 0.05) is 6.42 Å². The number of aliphatic hydroxyl groups is 2. The molecule has 0 aromatic heterocycles. The lowest BCUT2D eigenvalue weighted by molar-refractivity contribution is -0.123. The van der Waals surface area contributed by atoms with Crippen molar-refractivity contribution in [2.75, 3.05) is 6.61 Å². The van der Waals surface area contributed by atoms with Crippen LogP contribution >= 0.6 is 0 Å². The van der Waals surface area contributed by atoms with Crippen LogP contribution in [0.2, 0.25) is 0 Å². The second-order valence-electron chi connectivity index (χ2n) is 12.3. The Labute approximate surface area is 250 Å². The third-order valence-corrected chi connectivity index (χ3v) is 8.28. The molecule has 2 unspecified atom stereocenters. The fourth-order valence-electron chi connectivity index (χ4n) is 5.47. The molecule has 238 valence electrons. The molecule has 0 saturated heterocycles. The van der Waals surface area contributed by atoms with E-state index in [4.69, 9.17) is 0 Å². The second kappa shape index (κ2) is 32.6. The number of allylic oxidation sites excluding steroid dienone is 2. The summed E-state index contributed by atoms with van der Waals surface area (Å²) < 4.78 is 0. The molecule has 0 aliphatic carbocycles. The average molecular weight is 566 g/mol. The molecule has 40 heavy (non-hydrogen) atoms. The van der Waals surface area contributed by atoms with Crippen molar-refractivity contribution in [3.63, 3.8) is 0 Å². The first kappa shape index (κ1) is 39.1. The van der Waals surface area contributed by atoms with E-state index in [0.717, 1.165) is 25.7 Å². The van der Waals surface area contributed by atoms with Crippen molar-refractivity contribution in [2.45, 2.75) is 206 Å². The van der Waals surface area contributed by atoms with E-state index in [9.17, 15) is 15.0 Å². The van der Waals surface area contributed by atoms with Crippen LogP contribution in [0.25, 0.3) is 0 Å². The zero-order valence-electron chi connectivity index (χ0n) is 27.1. The Balaban J connectivity index is 3.57. The first-order chi connectivity index (χ1) is 19.7. The van der Waals surface area contributed by atoms with Crippen molar-refractivity contribution in [3.05, 3.63) is 12.2 Å². The summed E-state index contributed by atoms with van der Waals surface area (Å²) in [4.78, 5) is 12.3. The zero-order chi connectivity index (χ0) is 29.4. The number of hydrogen-bond acceptors (Lipinski definition) is 3. The van der Waals surface area contributed by atoms with Crippen LogP contribution in [-0.4, -0.2) is 34.9 Å². The molecule has 0 saturated carbocycles. The number of hydrogen-bond donors (Lipinski definition) is 3. The van der Waals surface area contributed by atoms with Crippen LogP contribution in [0.15, 0.2) is 12.2 Å². The average Bonchev–Trinajstić information content (AvgIpc) is 2.96. The van der Waals surface area contributed by atoms with Crippen LogP contribution in [0.4, 0.5) is 0 Å². The number of carbonyl (C=O) groups is 1. The van der Waals surface area contributed by atoms with E-state index in [2.05, 4.69) is 31.3 Å². The van der Waals surface area contributed by atoms with Crippen LogP contribution in [0.3, 0.4) is 0 Å². The van der Waals surface area contributed by atoms with E-state index >= 15 is 0 Å². The van der Waals surface area contributed by atoms with Gasteiger partial charge in [-0.2, -0.15) is 0 Å². The summed E-state index contributed by atoms with van der Waals surface area (Å²) >= 11 is 0. The second-order valence-corrected chi connectivity index (χ2v) is 12.3. The number of rotatable bonds is 32. The zero-order valence-corrected chi connectivity index (χ0v) is 27.1. The van der Waals surface area contributed by atoms with Gasteiger partial charge in [-0.1, -0.05) is 161 Å². The van der Waals surface area contributed by atoms with Crippen LogP contribution in [0.1, 0.15) is 194 Å². The Hall–Kier alpha value is -0.870. The molecule has 0 bridgehead atoms. The van der Waals surface area contributed by atoms with Crippen molar-refractivity contribution in [1.29, 1.82) is 0 Å². The molecule has 0 aliphatic heterocycles. The summed E-state index contributed by atoms with van der Waals surface area (Å²) in [5, 5.41) is 23.0. The number of carbonyl (C=O) groups excluding carboxylic acids is 1. The molecular formula is C36H71NO3. The maximum absolute atomic E-state index is 12.3. The van der Waals surface area contributed by atoms with Crippen molar-refractivity contribution >= 4 is 5.91 Å². The molecule has 0 rings (SSSR count). The van der Waals surface area contributed by atoms with Crippen LogP contribution in [0, 0.1) is 0 Å². The Bertz CT molecular complexity index is 536. The standard InChI is InChI=1S/C36H71NO3/c1-3-5-7-9-11-13-15-17-19-21-23-25-27-29-31-35(39)34(33-38)37-36(40)32-30-28-26-24-22-20-18-16-14-12-10-8-6-4-2/h16,18,34-35,38-39H,3-15,17,19-33H2,1-2H3,(H,37,40)/b18-16-. The third kappa shape index (κ3) is 28.7. The number of unbranched alkanes of at least 4 members (excludes halogenated alkanes) is 23. The highest BCUT2D eigenvalue weighted by Gasteiger charge is 2.19. The molecule has 0 aromatic rings. The van der Waals surface area contributed by atoms with Gasteiger partial charge in [0.05, 0.1) is 18.8 Å². The largest absolute Gasteiger partial charge is 0.394 e. The topological polar surface area (TPSA) is 69.6 Å². The Kier molecular flexibility index (Phi) is 31.9. The lowest BCUT2D eigenvalue weighted by Crippen LogP contribution is -2.45. The van der Waals surface area contributed by atoms with Gasteiger partial charge in [0.2, 0.25) is 5.91 Å². The summed E-state index contributed by atoms with van der Waals surface area (Å²) in [6.07, 6.45) is 38.3. The van der Waals surface area contributed by atoms with Crippen LogP contribution < -0.4 is 5.32 Å². The van der Waals surface area contributed by atoms with E-state index in [1.807, 2.05) is 0 Å². The fourth-order valence-corrected chi connectivity index (χ4v) is 5.47. The van der Waals surface area contributed by atoms with E-state index in [1.165, 1.54) is 141 Å². The summed E-state index contributed by atoms with van der Waals surface area (Å²) in [6.45, 7) is 4.34.